The fourth-order valence-electron chi connectivity index (χ4n) is 2.51. The van der Waals surface area contributed by atoms with Crippen molar-refractivity contribution in [1.82, 2.24) is 5.10 Å². The first-order chi connectivity index (χ1) is 12.3. The van der Waals surface area contributed by atoms with Crippen LogP contribution in [0.25, 0.3) is 10.8 Å². The van der Waals surface area contributed by atoms with E-state index in [4.69, 9.17) is 0 Å². The van der Waals surface area contributed by atoms with E-state index in [1.165, 1.54) is 23.5 Å². The van der Waals surface area contributed by atoms with Gasteiger partial charge in [-0.1, -0.05) is 66.4 Å². The number of benzene rings is 3. The first-order valence-corrected chi connectivity index (χ1v) is 9.43. The Labute approximate surface area is 154 Å². The van der Waals surface area contributed by atoms with Crippen LogP contribution in [0.1, 0.15) is 0 Å². The normalized spacial score (nSPS) is 10.9. The standard InChI is InChI=1S/C20H14N2OS2/c23-22-20(25-16-11-5-2-6-12-16)18-14-8-7-13-17(18)19(21-22)24-15-9-3-1-4-10-15/h1-14H. The van der Waals surface area contributed by atoms with Crippen molar-refractivity contribution >= 4 is 34.3 Å². The fourth-order valence-corrected chi connectivity index (χ4v) is 4.35. The molecule has 3 aromatic carbocycles. The second kappa shape index (κ2) is 7.17. The van der Waals surface area contributed by atoms with Gasteiger partial charge >= 0.3 is 0 Å². The Morgan fingerprint density at radius 2 is 1.16 bits per heavy atom. The van der Waals surface area contributed by atoms with Gasteiger partial charge in [0.05, 0.1) is 5.39 Å². The molecule has 0 fully saturated rings. The predicted molar refractivity (Wildman–Crippen MR) is 102 cm³/mol. The molecule has 0 spiro atoms. The molecule has 1 heterocycles. The van der Waals surface area contributed by atoms with E-state index in [0.29, 0.717) is 10.1 Å². The first-order valence-electron chi connectivity index (χ1n) is 7.80. The van der Waals surface area contributed by atoms with Gasteiger partial charge in [-0.15, -0.1) is 0 Å². The maximum Gasteiger partial charge on any atom is 0.291 e. The van der Waals surface area contributed by atoms with E-state index in [1.54, 1.807) is 0 Å². The number of aromatic nitrogens is 2. The lowest BCUT2D eigenvalue weighted by Crippen LogP contribution is -2.34. The lowest BCUT2D eigenvalue weighted by Gasteiger charge is -2.09. The highest BCUT2D eigenvalue weighted by Gasteiger charge is 2.19. The molecule has 4 rings (SSSR count). The first kappa shape index (κ1) is 16.0. The van der Waals surface area contributed by atoms with Crippen LogP contribution in [0.4, 0.5) is 0 Å². The van der Waals surface area contributed by atoms with E-state index in [9.17, 15) is 5.21 Å². The van der Waals surface area contributed by atoms with Gasteiger partial charge in [0.25, 0.3) is 5.03 Å². The van der Waals surface area contributed by atoms with E-state index in [-0.39, 0.29) is 0 Å². The number of hydrogen-bond donors (Lipinski definition) is 0. The van der Waals surface area contributed by atoms with Crippen LogP contribution in [-0.4, -0.2) is 5.10 Å². The van der Waals surface area contributed by atoms with E-state index >= 15 is 0 Å². The minimum absolute atomic E-state index is 0.596. The van der Waals surface area contributed by atoms with Crippen molar-refractivity contribution in [2.45, 2.75) is 19.8 Å². The highest BCUT2D eigenvalue weighted by Crippen LogP contribution is 2.36. The number of fused-ring (bicyclic) bond motifs is 1. The molecule has 25 heavy (non-hydrogen) atoms. The minimum atomic E-state index is 0.596. The number of rotatable bonds is 4. The van der Waals surface area contributed by atoms with Crippen molar-refractivity contribution < 1.29 is 4.85 Å². The molecule has 0 unspecified atom stereocenters. The van der Waals surface area contributed by atoms with Gasteiger partial charge in [-0.25, -0.2) is 0 Å². The molecule has 0 saturated carbocycles. The molecule has 0 amide bonds. The zero-order valence-electron chi connectivity index (χ0n) is 13.2. The van der Waals surface area contributed by atoms with Crippen LogP contribution in [-0.2, 0) is 0 Å². The summed E-state index contributed by atoms with van der Waals surface area (Å²) < 4.78 is 0. The Kier molecular flexibility index (Phi) is 4.59. The zero-order valence-corrected chi connectivity index (χ0v) is 14.8. The molecular formula is C20H14N2OS2. The van der Waals surface area contributed by atoms with Gasteiger partial charge < -0.3 is 5.21 Å². The molecule has 0 bridgehead atoms. The monoisotopic (exact) mass is 362 g/mol. The third kappa shape index (κ3) is 3.48. The van der Waals surface area contributed by atoms with Crippen LogP contribution in [0.5, 0.6) is 0 Å². The summed E-state index contributed by atoms with van der Waals surface area (Å²) in [5, 5.41) is 20.1. The van der Waals surface area contributed by atoms with Crippen molar-refractivity contribution in [2.75, 3.05) is 0 Å². The molecule has 0 saturated heterocycles. The van der Waals surface area contributed by atoms with E-state index in [0.717, 1.165) is 25.4 Å². The van der Waals surface area contributed by atoms with Crippen molar-refractivity contribution in [3.63, 3.8) is 0 Å². The average molecular weight is 362 g/mol. The molecule has 4 aromatic rings. The van der Waals surface area contributed by atoms with Gasteiger partial charge in [-0.2, -0.15) is 0 Å². The molecule has 0 aliphatic rings. The van der Waals surface area contributed by atoms with Gasteiger partial charge in [0.1, 0.15) is 0 Å². The van der Waals surface area contributed by atoms with E-state index in [2.05, 4.69) is 5.10 Å². The topological polar surface area (TPSA) is 39.8 Å². The smallest absolute Gasteiger partial charge is 0.291 e. The molecule has 0 aliphatic carbocycles. The van der Waals surface area contributed by atoms with Crippen molar-refractivity contribution in [3.05, 3.63) is 90.1 Å². The molecule has 1 aromatic heterocycles. The quantitative estimate of drug-likeness (QED) is 0.371. The van der Waals surface area contributed by atoms with Gasteiger partial charge in [0, 0.05) is 20.3 Å². The summed E-state index contributed by atoms with van der Waals surface area (Å²) in [4.78, 5) is 2.82. The van der Waals surface area contributed by atoms with Crippen molar-refractivity contribution in [3.8, 4) is 0 Å². The molecule has 122 valence electrons. The Bertz CT molecular complexity index is 1010. The van der Waals surface area contributed by atoms with Gasteiger partial charge in [-0.05, 0) is 46.9 Å². The molecule has 0 aliphatic heterocycles. The molecule has 3 nitrogen and oxygen atoms in total. The Morgan fingerprint density at radius 1 is 0.640 bits per heavy atom. The molecule has 0 atom stereocenters. The highest BCUT2D eigenvalue weighted by atomic mass is 32.2. The van der Waals surface area contributed by atoms with Gasteiger partial charge in [0.2, 0.25) is 0 Å². The summed E-state index contributed by atoms with van der Waals surface area (Å²) in [7, 11) is 0. The third-order valence-corrected chi connectivity index (χ3v) is 5.74. The van der Waals surface area contributed by atoms with Gasteiger partial charge in [-0.3, -0.25) is 0 Å². The largest absolute Gasteiger partial charge is 0.593 e. The van der Waals surface area contributed by atoms with E-state index < -0.39 is 0 Å². The minimum Gasteiger partial charge on any atom is -0.593 e. The van der Waals surface area contributed by atoms with Crippen LogP contribution in [0.3, 0.4) is 0 Å². The summed E-state index contributed by atoms with van der Waals surface area (Å²) in [6.45, 7) is 0. The van der Waals surface area contributed by atoms with Crippen LogP contribution < -0.4 is 4.85 Å². The van der Waals surface area contributed by atoms with Crippen LogP contribution in [0, 0.1) is 5.21 Å². The zero-order chi connectivity index (χ0) is 17.1. The Balaban J connectivity index is 1.81. The summed E-state index contributed by atoms with van der Waals surface area (Å²) in [6, 6.07) is 27.8. The summed E-state index contributed by atoms with van der Waals surface area (Å²) >= 11 is 2.94. The third-order valence-electron chi connectivity index (χ3n) is 3.66. The maximum atomic E-state index is 12.6. The molecule has 5 heteroatoms. The van der Waals surface area contributed by atoms with Crippen LogP contribution in [0.15, 0.2) is 105 Å². The molecule has 0 radical (unpaired) electrons. The number of nitrogens with zero attached hydrogens (tertiary/aromatic N) is 2. The van der Waals surface area contributed by atoms with Crippen molar-refractivity contribution in [2.24, 2.45) is 0 Å². The van der Waals surface area contributed by atoms with Crippen molar-refractivity contribution in [1.29, 1.82) is 0 Å². The highest BCUT2D eigenvalue weighted by molar-refractivity contribution is 7.99. The fraction of sp³-hybridized carbons (Fsp3) is 0. The Morgan fingerprint density at radius 3 is 1.80 bits per heavy atom. The number of hydrogen-bond acceptors (Lipinski definition) is 4. The van der Waals surface area contributed by atoms with Crippen LogP contribution >= 0.6 is 23.5 Å². The summed E-state index contributed by atoms with van der Waals surface area (Å²) in [6.07, 6.45) is 0. The Hall–Kier alpha value is -2.50. The summed E-state index contributed by atoms with van der Waals surface area (Å²) in [5.74, 6) is 0. The average Bonchev–Trinajstić information content (AvgIpc) is 2.66. The second-order valence-electron chi connectivity index (χ2n) is 5.36. The maximum absolute atomic E-state index is 12.6. The summed E-state index contributed by atoms with van der Waals surface area (Å²) in [5.41, 5.74) is 0. The lowest BCUT2D eigenvalue weighted by molar-refractivity contribution is -0.707. The second-order valence-corrected chi connectivity index (χ2v) is 7.48. The van der Waals surface area contributed by atoms with Gasteiger partial charge in [0.15, 0.2) is 5.03 Å². The van der Waals surface area contributed by atoms with Crippen LogP contribution in [0.2, 0.25) is 0 Å². The molecular weight excluding hydrogens is 348 g/mol. The predicted octanol–water partition coefficient (Wildman–Crippen LogP) is 5.17. The van der Waals surface area contributed by atoms with E-state index in [1.807, 2.05) is 84.9 Å². The SMILES string of the molecule is [O-][n+]1nc(Sc2ccccc2)c2ccccc2c1Sc1ccccc1. The lowest BCUT2D eigenvalue weighted by atomic mass is 10.2. The molecule has 0 N–H and O–H groups in total.